The van der Waals surface area contributed by atoms with Gasteiger partial charge in [-0.25, -0.2) is 0 Å². The summed E-state index contributed by atoms with van der Waals surface area (Å²) in [6.07, 6.45) is 21.8. The van der Waals surface area contributed by atoms with Crippen molar-refractivity contribution < 1.29 is 0 Å². The molecule has 2 nitrogen and oxygen atoms in total. The van der Waals surface area contributed by atoms with Crippen molar-refractivity contribution in [3.05, 3.63) is 189 Å². The number of hydrogen-bond donors (Lipinski definition) is 0. The van der Waals surface area contributed by atoms with Crippen LogP contribution in [0.1, 0.15) is 109 Å². The minimum absolute atomic E-state index is 0.122. The van der Waals surface area contributed by atoms with E-state index in [0.717, 1.165) is 6.42 Å². The van der Waals surface area contributed by atoms with E-state index in [9.17, 15) is 0 Å². The summed E-state index contributed by atoms with van der Waals surface area (Å²) in [5, 5.41) is 0. The zero-order valence-electron chi connectivity index (χ0n) is 31.6. The number of hydrogen-bond acceptors (Lipinski definition) is 2. The lowest BCUT2D eigenvalue weighted by molar-refractivity contribution is 0.204. The predicted molar refractivity (Wildman–Crippen MR) is 216 cm³/mol. The third-order valence-corrected chi connectivity index (χ3v) is 11.7. The molecule has 0 saturated carbocycles. The lowest BCUT2D eigenvalue weighted by atomic mass is 9.72. The van der Waals surface area contributed by atoms with E-state index >= 15 is 0 Å². The van der Waals surface area contributed by atoms with Crippen LogP contribution < -0.4 is 0 Å². The molecular weight excluding hydrogens is 617 g/mol. The molecule has 2 heteroatoms. The number of rotatable bonds is 11. The second-order valence-electron chi connectivity index (χ2n) is 15.3. The smallest absolute Gasteiger partial charge is 0.107 e. The number of fused-ring (bicyclic) bond motifs is 1. The van der Waals surface area contributed by atoms with Gasteiger partial charge in [-0.1, -0.05) is 154 Å². The molecular formula is C49H56N2. The molecule has 2 heterocycles. The molecule has 0 N–H and O–H groups in total. The van der Waals surface area contributed by atoms with Crippen molar-refractivity contribution >= 4 is 0 Å². The summed E-state index contributed by atoms with van der Waals surface area (Å²) >= 11 is 0. The van der Waals surface area contributed by atoms with Crippen molar-refractivity contribution in [3.8, 4) is 0 Å². The quantitative estimate of drug-likeness (QED) is 0.200. The molecule has 0 bridgehead atoms. The third kappa shape index (κ3) is 6.90. The number of nitrogens with zero attached hydrogens (tertiary/aromatic N) is 2. The van der Waals surface area contributed by atoms with E-state index in [1.54, 1.807) is 11.1 Å². The van der Waals surface area contributed by atoms with Crippen LogP contribution in [-0.4, -0.2) is 16.0 Å². The average Bonchev–Trinajstić information content (AvgIpc) is 3.48. The van der Waals surface area contributed by atoms with Gasteiger partial charge in [0, 0.05) is 29.4 Å². The summed E-state index contributed by atoms with van der Waals surface area (Å²) in [5.41, 5.74) is 15.7. The highest BCUT2D eigenvalue weighted by molar-refractivity contribution is 5.54. The van der Waals surface area contributed by atoms with Crippen molar-refractivity contribution in [1.29, 1.82) is 0 Å². The lowest BCUT2D eigenvalue weighted by Crippen LogP contribution is -2.41. The molecule has 0 saturated heterocycles. The Labute approximate surface area is 308 Å². The number of benzene rings is 3. The minimum atomic E-state index is 0.122. The molecule has 3 aromatic rings. The van der Waals surface area contributed by atoms with E-state index < -0.39 is 0 Å². The maximum Gasteiger partial charge on any atom is 0.107 e. The largest absolute Gasteiger partial charge is 0.328 e. The van der Waals surface area contributed by atoms with Crippen LogP contribution in [0.5, 0.6) is 0 Å². The lowest BCUT2D eigenvalue weighted by Gasteiger charge is -2.43. The Morgan fingerprint density at radius 2 is 1.39 bits per heavy atom. The van der Waals surface area contributed by atoms with Crippen LogP contribution in [-0.2, 0) is 0 Å². The van der Waals surface area contributed by atoms with E-state index in [2.05, 4.69) is 179 Å². The Hall–Kier alpha value is -4.56. The Morgan fingerprint density at radius 1 is 0.765 bits per heavy atom. The standard InChI is InChI=1S/C49H56N2/c1-7-19-38-31-35(4)47(42(32-38)20-8-2)46-28-18-27-43-33-50(37(6)51(43)46)49-44(36(5)39-21-12-9-13-22-39)29-34(3)30-45(49)48(40-23-14-10-15-24-40)41-25-16-11-17-26-41/h9-18,21-28,30-31,33,36-37,42,44,48H,7-8,19-20,29,32H2,1-6H3/t36?,37?,42-,44+/m1/s1. The van der Waals surface area contributed by atoms with Gasteiger partial charge in [0.05, 0.1) is 5.70 Å². The normalized spacial score (nSPS) is 22.5. The summed E-state index contributed by atoms with van der Waals surface area (Å²) in [6.45, 7) is 14.3. The van der Waals surface area contributed by atoms with Gasteiger partial charge in [-0.2, -0.15) is 0 Å². The van der Waals surface area contributed by atoms with Crippen LogP contribution in [0.15, 0.2) is 173 Å². The zero-order chi connectivity index (χ0) is 35.5. The SMILES string of the molecule is CCCC1=CC(C)=C(C2=CC=CC3=CN(C4=C(C(c5ccccc5)c5ccccc5)C=C(C)C[C@H]4C(C)c4ccccc4)C(C)N32)[C@H](CCC)C1. The van der Waals surface area contributed by atoms with Gasteiger partial charge in [-0.15, -0.1) is 0 Å². The van der Waals surface area contributed by atoms with Crippen LogP contribution in [0.25, 0.3) is 0 Å². The van der Waals surface area contributed by atoms with Crippen LogP contribution in [0.4, 0.5) is 0 Å². The molecule has 0 radical (unpaired) electrons. The minimum Gasteiger partial charge on any atom is -0.328 e. The van der Waals surface area contributed by atoms with E-state index in [-0.39, 0.29) is 12.1 Å². The molecule has 2 aliphatic heterocycles. The maximum absolute atomic E-state index is 2.67. The molecule has 0 aromatic heterocycles. The van der Waals surface area contributed by atoms with Gasteiger partial charge in [-0.3, -0.25) is 0 Å². The fraction of sp³-hybridized carbons (Fsp3) is 0.347. The van der Waals surface area contributed by atoms with Crippen LogP contribution in [0.2, 0.25) is 0 Å². The van der Waals surface area contributed by atoms with Crippen LogP contribution in [0, 0.1) is 11.8 Å². The fourth-order valence-corrected chi connectivity index (χ4v) is 9.48. The second kappa shape index (κ2) is 15.4. The van der Waals surface area contributed by atoms with Crippen molar-refractivity contribution in [2.75, 3.05) is 0 Å². The first-order valence-corrected chi connectivity index (χ1v) is 19.5. The first-order valence-electron chi connectivity index (χ1n) is 19.5. The molecule has 262 valence electrons. The highest BCUT2D eigenvalue weighted by Gasteiger charge is 2.42. The molecule has 7 rings (SSSR count). The highest BCUT2D eigenvalue weighted by atomic mass is 15.4. The Balaban J connectivity index is 1.40. The van der Waals surface area contributed by atoms with Crippen molar-refractivity contribution in [2.24, 2.45) is 11.8 Å². The van der Waals surface area contributed by atoms with Gasteiger partial charge >= 0.3 is 0 Å². The monoisotopic (exact) mass is 672 g/mol. The first-order chi connectivity index (χ1) is 24.9. The van der Waals surface area contributed by atoms with Crippen LogP contribution >= 0.6 is 0 Å². The zero-order valence-corrected chi connectivity index (χ0v) is 31.6. The Bertz CT molecular complexity index is 1880. The molecule has 0 spiro atoms. The molecule has 51 heavy (non-hydrogen) atoms. The molecule has 4 atom stereocenters. The summed E-state index contributed by atoms with van der Waals surface area (Å²) < 4.78 is 0. The van der Waals surface area contributed by atoms with E-state index in [0.29, 0.717) is 17.8 Å². The number of allylic oxidation sites excluding steroid dienone is 11. The predicted octanol–water partition coefficient (Wildman–Crippen LogP) is 13.0. The average molecular weight is 673 g/mol. The van der Waals surface area contributed by atoms with Gasteiger partial charge in [0.15, 0.2) is 0 Å². The molecule has 2 unspecified atom stereocenters. The fourth-order valence-electron chi connectivity index (χ4n) is 9.48. The van der Waals surface area contributed by atoms with Gasteiger partial charge in [-0.05, 0) is 104 Å². The molecule has 0 fully saturated rings. The first kappa shape index (κ1) is 34.9. The van der Waals surface area contributed by atoms with Crippen LogP contribution in [0.3, 0.4) is 0 Å². The highest BCUT2D eigenvalue weighted by Crippen LogP contribution is 2.50. The maximum atomic E-state index is 2.67. The van der Waals surface area contributed by atoms with Gasteiger partial charge in [0.25, 0.3) is 0 Å². The van der Waals surface area contributed by atoms with Gasteiger partial charge in [0.1, 0.15) is 6.17 Å². The van der Waals surface area contributed by atoms with Gasteiger partial charge < -0.3 is 9.80 Å². The van der Waals surface area contributed by atoms with Crippen molar-refractivity contribution in [3.63, 3.8) is 0 Å². The molecule has 4 aliphatic rings. The Morgan fingerprint density at radius 3 is 2.00 bits per heavy atom. The second-order valence-corrected chi connectivity index (χ2v) is 15.3. The topological polar surface area (TPSA) is 6.48 Å². The molecule has 0 amide bonds. The third-order valence-electron chi connectivity index (χ3n) is 11.7. The Kier molecular flexibility index (Phi) is 10.5. The van der Waals surface area contributed by atoms with E-state index in [4.69, 9.17) is 0 Å². The van der Waals surface area contributed by atoms with Crippen molar-refractivity contribution in [1.82, 2.24) is 9.80 Å². The molecule has 2 aliphatic carbocycles. The summed E-state index contributed by atoms with van der Waals surface area (Å²) in [6, 6.07) is 33.6. The summed E-state index contributed by atoms with van der Waals surface area (Å²) in [4.78, 5) is 5.33. The molecule has 3 aromatic carbocycles. The van der Waals surface area contributed by atoms with E-state index in [1.807, 2.05) is 0 Å². The van der Waals surface area contributed by atoms with E-state index in [1.165, 1.54) is 82.6 Å². The van der Waals surface area contributed by atoms with Crippen molar-refractivity contribution in [2.45, 2.75) is 98.1 Å². The summed E-state index contributed by atoms with van der Waals surface area (Å²) in [5.74, 6) is 1.35. The van der Waals surface area contributed by atoms with Gasteiger partial charge in [0.2, 0.25) is 0 Å². The summed E-state index contributed by atoms with van der Waals surface area (Å²) in [7, 11) is 0.